The van der Waals surface area contributed by atoms with Gasteiger partial charge in [-0.25, -0.2) is 8.42 Å². The van der Waals surface area contributed by atoms with Gasteiger partial charge < -0.3 is 14.5 Å². The standard InChI is InChI=1S/C19H28ClN3O4S/c1-3-21-9-11-22(12-10-21)19(24)15-5-4-8-23(14-15)28(25,26)18-13-16(20)6-7-17(18)27-2/h6-7,13,15H,3-5,8-12,14H2,1-2H3/t15-/m1/s1. The first kappa shape index (κ1) is 21.4. The van der Waals surface area contributed by atoms with Gasteiger partial charge in [0.2, 0.25) is 15.9 Å². The first-order valence-electron chi connectivity index (χ1n) is 9.71. The van der Waals surface area contributed by atoms with Crippen molar-refractivity contribution in [1.29, 1.82) is 0 Å². The molecule has 0 spiro atoms. The second kappa shape index (κ2) is 8.98. The Balaban J connectivity index is 1.74. The molecule has 9 heteroatoms. The summed E-state index contributed by atoms with van der Waals surface area (Å²) in [6.45, 7) is 6.85. The van der Waals surface area contributed by atoms with E-state index >= 15 is 0 Å². The van der Waals surface area contributed by atoms with E-state index in [0.717, 1.165) is 19.6 Å². The molecule has 0 aliphatic carbocycles. The molecule has 0 N–H and O–H groups in total. The van der Waals surface area contributed by atoms with Gasteiger partial charge in [-0.1, -0.05) is 18.5 Å². The van der Waals surface area contributed by atoms with Crippen LogP contribution in [0.3, 0.4) is 0 Å². The number of ether oxygens (including phenoxy) is 1. The average molecular weight is 430 g/mol. The van der Waals surface area contributed by atoms with E-state index in [4.69, 9.17) is 16.3 Å². The molecule has 0 radical (unpaired) electrons. The zero-order valence-corrected chi connectivity index (χ0v) is 18.0. The zero-order valence-electron chi connectivity index (χ0n) is 16.4. The smallest absolute Gasteiger partial charge is 0.246 e. The van der Waals surface area contributed by atoms with Crippen molar-refractivity contribution in [3.8, 4) is 5.75 Å². The van der Waals surface area contributed by atoms with Gasteiger partial charge in [-0.3, -0.25) is 4.79 Å². The Morgan fingerprint density at radius 2 is 1.93 bits per heavy atom. The highest BCUT2D eigenvalue weighted by atomic mass is 35.5. The van der Waals surface area contributed by atoms with E-state index in [1.165, 1.54) is 17.5 Å². The molecule has 2 aliphatic heterocycles. The van der Waals surface area contributed by atoms with Gasteiger partial charge in [0.15, 0.2) is 0 Å². The largest absolute Gasteiger partial charge is 0.495 e. The van der Waals surface area contributed by atoms with Crippen molar-refractivity contribution in [3.63, 3.8) is 0 Å². The van der Waals surface area contributed by atoms with Crippen LogP contribution in [0.25, 0.3) is 0 Å². The van der Waals surface area contributed by atoms with Crippen molar-refractivity contribution in [2.75, 3.05) is 52.9 Å². The summed E-state index contributed by atoms with van der Waals surface area (Å²) < 4.78 is 33.0. The van der Waals surface area contributed by atoms with Crippen LogP contribution in [-0.2, 0) is 14.8 Å². The van der Waals surface area contributed by atoms with E-state index in [1.54, 1.807) is 12.1 Å². The summed E-state index contributed by atoms with van der Waals surface area (Å²) in [6, 6.07) is 4.55. The van der Waals surface area contributed by atoms with Gasteiger partial charge in [0.25, 0.3) is 0 Å². The summed E-state index contributed by atoms with van der Waals surface area (Å²) in [5.74, 6) is 0.0177. The normalized spacial score (nSPS) is 22.2. The van der Waals surface area contributed by atoms with Gasteiger partial charge in [-0.05, 0) is 37.6 Å². The maximum absolute atomic E-state index is 13.2. The number of hydrogen-bond donors (Lipinski definition) is 0. The molecule has 1 atom stereocenters. The van der Waals surface area contributed by atoms with Crippen LogP contribution >= 0.6 is 11.6 Å². The minimum Gasteiger partial charge on any atom is -0.495 e. The lowest BCUT2D eigenvalue weighted by molar-refractivity contribution is -0.138. The van der Waals surface area contributed by atoms with Crippen molar-refractivity contribution in [2.45, 2.75) is 24.7 Å². The predicted octanol–water partition coefficient (Wildman–Crippen LogP) is 1.91. The third-order valence-corrected chi connectivity index (χ3v) is 7.73. The minimum atomic E-state index is -3.79. The van der Waals surface area contributed by atoms with E-state index in [9.17, 15) is 13.2 Å². The molecule has 2 aliphatic rings. The van der Waals surface area contributed by atoms with Crippen LogP contribution in [-0.4, -0.2) is 81.4 Å². The molecule has 0 unspecified atom stereocenters. The van der Waals surface area contributed by atoms with Gasteiger partial charge >= 0.3 is 0 Å². The molecule has 1 amide bonds. The Morgan fingerprint density at radius 1 is 1.21 bits per heavy atom. The maximum atomic E-state index is 13.2. The second-order valence-corrected chi connectivity index (χ2v) is 9.60. The highest BCUT2D eigenvalue weighted by molar-refractivity contribution is 7.89. The number of hydrogen-bond acceptors (Lipinski definition) is 5. The summed E-state index contributed by atoms with van der Waals surface area (Å²) in [5.41, 5.74) is 0. The number of piperidine rings is 1. The quantitative estimate of drug-likeness (QED) is 0.715. The lowest BCUT2D eigenvalue weighted by atomic mass is 9.98. The van der Waals surface area contributed by atoms with Crippen LogP contribution in [0.1, 0.15) is 19.8 Å². The number of likely N-dealkylation sites (N-methyl/N-ethyl adjacent to an activating group) is 1. The summed E-state index contributed by atoms with van der Waals surface area (Å²) in [6.07, 6.45) is 1.37. The Hall–Kier alpha value is -1.35. The van der Waals surface area contributed by atoms with Crippen molar-refractivity contribution in [3.05, 3.63) is 23.2 Å². The van der Waals surface area contributed by atoms with Gasteiger partial charge in [-0.2, -0.15) is 4.31 Å². The van der Waals surface area contributed by atoms with Crippen LogP contribution in [0.5, 0.6) is 5.75 Å². The molecule has 0 aromatic heterocycles. The number of nitrogens with zero attached hydrogens (tertiary/aromatic N) is 3. The fourth-order valence-corrected chi connectivity index (χ4v) is 5.84. The molecular formula is C19H28ClN3O4S. The van der Waals surface area contributed by atoms with Gasteiger partial charge in [0.05, 0.1) is 13.0 Å². The SMILES string of the molecule is CCN1CCN(C(=O)[C@@H]2CCCN(S(=O)(=O)c3cc(Cl)ccc3OC)C2)CC1. The number of benzene rings is 1. The summed E-state index contributed by atoms with van der Waals surface area (Å²) in [4.78, 5) is 17.2. The van der Waals surface area contributed by atoms with Crippen molar-refractivity contribution >= 4 is 27.5 Å². The van der Waals surface area contributed by atoms with E-state index < -0.39 is 10.0 Å². The zero-order chi connectivity index (χ0) is 20.3. The molecular weight excluding hydrogens is 402 g/mol. The van der Waals surface area contributed by atoms with Crippen LogP contribution in [0.2, 0.25) is 5.02 Å². The molecule has 1 aromatic carbocycles. The number of amides is 1. The lowest BCUT2D eigenvalue weighted by Crippen LogP contribution is -2.52. The number of carbonyl (C=O) groups is 1. The number of methoxy groups -OCH3 is 1. The predicted molar refractivity (Wildman–Crippen MR) is 108 cm³/mol. The average Bonchev–Trinajstić information content (AvgIpc) is 2.73. The number of halogens is 1. The van der Waals surface area contributed by atoms with Gasteiger partial charge in [-0.15, -0.1) is 0 Å². The highest BCUT2D eigenvalue weighted by Crippen LogP contribution is 2.32. The minimum absolute atomic E-state index is 0.0483. The molecule has 3 rings (SSSR count). The van der Waals surface area contributed by atoms with E-state index in [0.29, 0.717) is 37.5 Å². The van der Waals surface area contributed by atoms with Gasteiger partial charge in [0, 0.05) is 44.3 Å². The summed E-state index contributed by atoms with van der Waals surface area (Å²) >= 11 is 6.02. The molecule has 0 saturated carbocycles. The third-order valence-electron chi connectivity index (χ3n) is 5.61. The number of rotatable bonds is 5. The van der Waals surface area contributed by atoms with Crippen LogP contribution < -0.4 is 4.74 Å². The fraction of sp³-hybridized carbons (Fsp3) is 0.632. The maximum Gasteiger partial charge on any atom is 0.246 e. The first-order chi connectivity index (χ1) is 13.4. The summed E-state index contributed by atoms with van der Waals surface area (Å²) in [7, 11) is -2.36. The Kier molecular flexibility index (Phi) is 6.85. The molecule has 1 aromatic rings. The number of carbonyl (C=O) groups excluding carboxylic acids is 1. The topological polar surface area (TPSA) is 70.2 Å². The Labute approximate surface area is 172 Å². The lowest BCUT2D eigenvalue weighted by Gasteiger charge is -2.38. The van der Waals surface area contributed by atoms with Crippen LogP contribution in [0.4, 0.5) is 0 Å². The monoisotopic (exact) mass is 429 g/mol. The Bertz CT molecular complexity index is 809. The molecule has 7 nitrogen and oxygen atoms in total. The fourth-order valence-electron chi connectivity index (χ4n) is 3.90. The van der Waals surface area contributed by atoms with E-state index in [1.807, 2.05) is 4.90 Å². The van der Waals surface area contributed by atoms with Crippen LogP contribution in [0, 0.1) is 5.92 Å². The molecule has 2 fully saturated rings. The molecule has 156 valence electrons. The van der Waals surface area contributed by atoms with E-state index in [-0.39, 0.29) is 29.0 Å². The summed E-state index contributed by atoms with van der Waals surface area (Å²) in [5, 5.41) is 0.331. The Morgan fingerprint density at radius 3 is 2.57 bits per heavy atom. The first-order valence-corrected chi connectivity index (χ1v) is 11.5. The van der Waals surface area contributed by atoms with Crippen molar-refractivity contribution in [1.82, 2.24) is 14.1 Å². The number of sulfonamides is 1. The van der Waals surface area contributed by atoms with Crippen molar-refractivity contribution in [2.24, 2.45) is 5.92 Å². The van der Waals surface area contributed by atoms with Gasteiger partial charge in [0.1, 0.15) is 10.6 Å². The molecule has 28 heavy (non-hydrogen) atoms. The van der Waals surface area contributed by atoms with E-state index in [2.05, 4.69) is 11.8 Å². The number of piperazine rings is 1. The molecule has 0 bridgehead atoms. The third kappa shape index (κ3) is 4.45. The highest BCUT2D eigenvalue weighted by Gasteiger charge is 2.36. The van der Waals surface area contributed by atoms with Crippen molar-refractivity contribution < 1.29 is 17.9 Å². The second-order valence-electron chi connectivity index (χ2n) is 7.26. The molecule has 2 heterocycles. The molecule has 2 saturated heterocycles. The van der Waals surface area contributed by atoms with Crippen LogP contribution in [0.15, 0.2) is 23.1 Å².